The van der Waals surface area contributed by atoms with Gasteiger partial charge in [-0.05, 0) is 43.3 Å². The summed E-state index contributed by atoms with van der Waals surface area (Å²) < 4.78 is 5.73. The van der Waals surface area contributed by atoms with E-state index < -0.39 is 0 Å². The first-order valence-electron chi connectivity index (χ1n) is 8.16. The first-order chi connectivity index (χ1) is 11.3. The van der Waals surface area contributed by atoms with E-state index in [1.807, 2.05) is 56.3 Å². The highest BCUT2D eigenvalue weighted by atomic mass is 16.5. The first-order valence-corrected chi connectivity index (χ1v) is 8.16. The van der Waals surface area contributed by atoms with Crippen LogP contribution in [0.4, 0.5) is 5.69 Å². The van der Waals surface area contributed by atoms with Crippen LogP contribution in [0, 0.1) is 0 Å². The van der Waals surface area contributed by atoms with Gasteiger partial charge in [0.1, 0.15) is 12.4 Å². The summed E-state index contributed by atoms with van der Waals surface area (Å²) in [4.78, 5) is 0. The molecule has 0 aromatic heterocycles. The minimum Gasteiger partial charge on any atom is -0.489 e. The zero-order chi connectivity index (χ0) is 17.5. The van der Waals surface area contributed by atoms with Gasteiger partial charge >= 0.3 is 0 Å². The second kappa shape index (κ2) is 13.6. The number of hydrazine groups is 1. The van der Waals surface area contributed by atoms with Gasteiger partial charge < -0.3 is 15.5 Å². The quantitative estimate of drug-likeness (QED) is 0.625. The van der Waals surface area contributed by atoms with Crippen molar-refractivity contribution in [3.05, 3.63) is 60.2 Å². The molecule has 128 valence electrons. The third-order valence-electron chi connectivity index (χ3n) is 2.88. The Balaban J connectivity index is 0.00000112. The van der Waals surface area contributed by atoms with Crippen molar-refractivity contribution >= 4 is 5.69 Å². The molecule has 4 heteroatoms. The van der Waals surface area contributed by atoms with Crippen LogP contribution in [0.15, 0.2) is 54.6 Å². The van der Waals surface area contributed by atoms with E-state index in [0.717, 1.165) is 30.0 Å². The molecule has 0 aliphatic rings. The Hall–Kier alpha value is -2.04. The van der Waals surface area contributed by atoms with Crippen molar-refractivity contribution in [1.82, 2.24) is 0 Å². The van der Waals surface area contributed by atoms with E-state index >= 15 is 0 Å². The number of nitrogens with zero attached hydrogens (tertiary/aromatic N) is 1. The molecule has 0 unspecified atom stereocenters. The summed E-state index contributed by atoms with van der Waals surface area (Å²) in [5.41, 5.74) is 6.67. The van der Waals surface area contributed by atoms with Gasteiger partial charge in [0.2, 0.25) is 0 Å². The summed E-state index contributed by atoms with van der Waals surface area (Å²) in [7, 11) is 1.50. The number of rotatable bonds is 6. The van der Waals surface area contributed by atoms with Crippen LogP contribution in [-0.2, 0) is 6.61 Å². The van der Waals surface area contributed by atoms with Crippen molar-refractivity contribution in [2.75, 3.05) is 18.6 Å². The minimum absolute atomic E-state index is 0.585. The fraction of sp³-hybridized carbons (Fsp3) is 0.368. The molecule has 0 atom stereocenters. The molecular formula is C19H31N3O. The van der Waals surface area contributed by atoms with Crippen LogP contribution >= 0.6 is 0 Å². The van der Waals surface area contributed by atoms with Crippen LogP contribution < -0.4 is 21.3 Å². The summed E-state index contributed by atoms with van der Waals surface area (Å²) in [5.74, 6) is 6.77. The Morgan fingerprint density at radius 3 is 2.00 bits per heavy atom. The average Bonchev–Trinajstić information content (AvgIpc) is 2.65. The fourth-order valence-corrected chi connectivity index (χ4v) is 1.84. The molecule has 23 heavy (non-hydrogen) atoms. The summed E-state index contributed by atoms with van der Waals surface area (Å²) >= 11 is 0. The lowest BCUT2D eigenvalue weighted by atomic mass is 10.2. The van der Waals surface area contributed by atoms with Crippen LogP contribution in [0.25, 0.3) is 0 Å². The van der Waals surface area contributed by atoms with Gasteiger partial charge in [0.05, 0.1) is 5.69 Å². The van der Waals surface area contributed by atoms with Crippen molar-refractivity contribution in [3.8, 4) is 5.75 Å². The highest BCUT2D eigenvalue weighted by Gasteiger charge is 2.01. The molecule has 0 saturated heterocycles. The Morgan fingerprint density at radius 2 is 1.48 bits per heavy atom. The highest BCUT2D eigenvalue weighted by Crippen LogP contribution is 2.18. The van der Waals surface area contributed by atoms with Gasteiger partial charge in [-0.15, -0.1) is 0 Å². The number of ether oxygens (including phenoxy) is 1. The van der Waals surface area contributed by atoms with Gasteiger partial charge in [-0.25, -0.2) is 5.84 Å². The molecule has 0 saturated carbocycles. The summed E-state index contributed by atoms with van der Waals surface area (Å²) in [5, 5.41) is 1.75. The number of nitrogens with two attached hydrogens (primary N) is 2. The lowest BCUT2D eigenvalue weighted by Gasteiger charge is -2.18. The topological polar surface area (TPSA) is 64.5 Å². The van der Waals surface area contributed by atoms with Gasteiger partial charge in [0.25, 0.3) is 0 Å². The largest absolute Gasteiger partial charge is 0.489 e. The predicted octanol–water partition coefficient (Wildman–Crippen LogP) is 3.96. The monoisotopic (exact) mass is 317 g/mol. The van der Waals surface area contributed by atoms with Crippen LogP contribution in [0.5, 0.6) is 5.75 Å². The van der Waals surface area contributed by atoms with Crippen molar-refractivity contribution in [2.24, 2.45) is 11.6 Å². The standard InChI is InChI=1S/C16H20N2O.C2H6.CH5N/c1-2-12-18(17)15-8-10-16(11-9-15)19-13-14-6-4-3-5-7-14;2*1-2/h3-11H,2,12-13,17H2,1H3;1-2H3;2H2,1H3. The normalized spacial score (nSPS) is 8.96. The molecule has 4 N–H and O–H groups in total. The summed E-state index contributed by atoms with van der Waals surface area (Å²) in [6, 6.07) is 18.0. The van der Waals surface area contributed by atoms with E-state index in [0.29, 0.717) is 6.61 Å². The lowest BCUT2D eigenvalue weighted by Crippen LogP contribution is -2.31. The van der Waals surface area contributed by atoms with Crippen LogP contribution in [0.3, 0.4) is 0 Å². The Bertz CT molecular complexity index is 486. The maximum atomic E-state index is 5.91. The van der Waals surface area contributed by atoms with E-state index in [-0.39, 0.29) is 0 Å². The molecule has 2 aromatic rings. The van der Waals surface area contributed by atoms with Crippen molar-refractivity contribution in [1.29, 1.82) is 0 Å². The maximum Gasteiger partial charge on any atom is 0.119 e. The molecule has 0 heterocycles. The number of hydrogen-bond donors (Lipinski definition) is 2. The fourth-order valence-electron chi connectivity index (χ4n) is 1.84. The second-order valence-corrected chi connectivity index (χ2v) is 4.46. The van der Waals surface area contributed by atoms with E-state index in [1.54, 1.807) is 5.01 Å². The maximum absolute atomic E-state index is 5.91. The molecule has 0 aliphatic carbocycles. The van der Waals surface area contributed by atoms with Gasteiger partial charge in [-0.2, -0.15) is 0 Å². The van der Waals surface area contributed by atoms with Gasteiger partial charge in [0.15, 0.2) is 0 Å². The molecule has 2 rings (SSSR count). The van der Waals surface area contributed by atoms with Crippen LogP contribution in [0.1, 0.15) is 32.8 Å². The third kappa shape index (κ3) is 8.24. The summed E-state index contributed by atoms with van der Waals surface area (Å²) in [6.07, 6.45) is 1.03. The van der Waals surface area contributed by atoms with Gasteiger partial charge in [-0.1, -0.05) is 51.1 Å². The SMILES string of the molecule is CC.CCCN(N)c1ccc(OCc2ccccc2)cc1.CN. The Labute approximate surface area is 141 Å². The van der Waals surface area contributed by atoms with Crippen LogP contribution in [0.2, 0.25) is 0 Å². The molecule has 4 nitrogen and oxygen atoms in total. The molecule has 0 spiro atoms. The molecule has 0 radical (unpaired) electrons. The van der Waals surface area contributed by atoms with Gasteiger partial charge in [0, 0.05) is 6.54 Å². The Morgan fingerprint density at radius 1 is 0.913 bits per heavy atom. The van der Waals surface area contributed by atoms with Crippen molar-refractivity contribution < 1.29 is 4.74 Å². The molecule has 0 aliphatic heterocycles. The zero-order valence-electron chi connectivity index (χ0n) is 14.8. The summed E-state index contributed by atoms with van der Waals surface area (Å²) in [6.45, 7) is 7.54. The molecular weight excluding hydrogens is 286 g/mol. The average molecular weight is 317 g/mol. The lowest BCUT2D eigenvalue weighted by molar-refractivity contribution is 0.306. The first kappa shape index (κ1) is 21.0. The zero-order valence-corrected chi connectivity index (χ0v) is 14.8. The molecule has 0 amide bonds. The van der Waals surface area contributed by atoms with E-state index in [1.165, 1.54) is 7.05 Å². The van der Waals surface area contributed by atoms with Crippen molar-refractivity contribution in [3.63, 3.8) is 0 Å². The minimum atomic E-state index is 0.585. The number of anilines is 1. The Kier molecular flexibility index (Phi) is 12.4. The third-order valence-corrected chi connectivity index (χ3v) is 2.88. The van der Waals surface area contributed by atoms with E-state index in [9.17, 15) is 0 Å². The van der Waals surface area contributed by atoms with E-state index in [4.69, 9.17) is 10.6 Å². The van der Waals surface area contributed by atoms with Crippen molar-refractivity contribution in [2.45, 2.75) is 33.8 Å². The predicted molar refractivity (Wildman–Crippen MR) is 100 cm³/mol. The molecule has 0 fully saturated rings. The van der Waals surface area contributed by atoms with Gasteiger partial charge in [-0.3, -0.25) is 0 Å². The smallest absolute Gasteiger partial charge is 0.119 e. The van der Waals surface area contributed by atoms with Crippen LogP contribution in [-0.4, -0.2) is 13.6 Å². The highest BCUT2D eigenvalue weighted by molar-refractivity contribution is 5.47. The molecule has 0 bridgehead atoms. The number of hydrogen-bond acceptors (Lipinski definition) is 4. The van der Waals surface area contributed by atoms with E-state index in [2.05, 4.69) is 24.8 Å². The number of benzene rings is 2. The molecule has 2 aromatic carbocycles. The second-order valence-electron chi connectivity index (χ2n) is 4.46.